The van der Waals surface area contributed by atoms with E-state index >= 15 is 0 Å². The zero-order valence-corrected chi connectivity index (χ0v) is 8.97. The van der Waals surface area contributed by atoms with E-state index in [4.69, 9.17) is 0 Å². The molecule has 0 heterocycles. The van der Waals surface area contributed by atoms with E-state index in [1.165, 1.54) is 51.4 Å². The molecule has 1 aliphatic carbocycles. The molecule has 0 amide bonds. The second-order valence-corrected chi connectivity index (χ2v) is 4.16. The zero-order valence-electron chi connectivity index (χ0n) is 8.97. The molecule has 0 N–H and O–H groups in total. The van der Waals surface area contributed by atoms with E-state index in [1.807, 2.05) is 0 Å². The average molecular weight is 177 g/mol. The van der Waals surface area contributed by atoms with E-state index in [1.54, 1.807) is 0 Å². The Morgan fingerprint density at radius 1 is 1.23 bits per heavy atom. The van der Waals surface area contributed by atoms with Crippen LogP contribution in [0.2, 0.25) is 5.82 Å². The van der Waals surface area contributed by atoms with Gasteiger partial charge in [-0.2, -0.15) is 0 Å². The standard InChI is InChI=1S/C12H22B/c1-2-3-4-8-11-13-12-9-6-5-7-10-12/h8,11-12H,2-7,9-10H2,1H3/b11-8-. The van der Waals surface area contributed by atoms with Crippen molar-refractivity contribution in [1.29, 1.82) is 0 Å². The third-order valence-corrected chi connectivity index (χ3v) is 2.89. The Hall–Kier alpha value is -0.195. The lowest BCUT2D eigenvalue weighted by molar-refractivity contribution is 0.502. The van der Waals surface area contributed by atoms with Gasteiger partial charge in [0, 0.05) is 0 Å². The molecule has 0 spiro atoms. The van der Waals surface area contributed by atoms with Crippen molar-refractivity contribution in [3.05, 3.63) is 12.1 Å². The Balaban J connectivity index is 2.00. The molecule has 0 saturated heterocycles. The lowest BCUT2D eigenvalue weighted by Crippen LogP contribution is -2.06. The van der Waals surface area contributed by atoms with Gasteiger partial charge in [-0.25, -0.2) is 0 Å². The fraction of sp³-hybridized carbons (Fsp3) is 0.833. The van der Waals surface area contributed by atoms with Crippen molar-refractivity contribution in [2.24, 2.45) is 0 Å². The molecule has 73 valence electrons. The van der Waals surface area contributed by atoms with E-state index in [0.29, 0.717) is 0 Å². The molecule has 1 heteroatoms. The second-order valence-electron chi connectivity index (χ2n) is 4.16. The maximum absolute atomic E-state index is 2.43. The summed E-state index contributed by atoms with van der Waals surface area (Å²) in [5.41, 5.74) is 0. The van der Waals surface area contributed by atoms with Gasteiger partial charge < -0.3 is 0 Å². The van der Waals surface area contributed by atoms with Crippen LogP contribution in [0.1, 0.15) is 58.3 Å². The number of rotatable bonds is 5. The summed E-state index contributed by atoms with van der Waals surface area (Å²) in [5, 5.41) is 0. The zero-order chi connectivity index (χ0) is 9.36. The average Bonchev–Trinajstić information content (AvgIpc) is 2.19. The van der Waals surface area contributed by atoms with Crippen LogP contribution in [0.15, 0.2) is 12.1 Å². The Labute approximate surface area is 84.0 Å². The number of unbranched alkanes of at least 4 members (excludes halogenated alkanes) is 2. The van der Waals surface area contributed by atoms with Gasteiger partial charge in [-0.15, -0.1) is 5.98 Å². The first-order valence-electron chi connectivity index (χ1n) is 5.93. The van der Waals surface area contributed by atoms with Crippen molar-refractivity contribution in [2.45, 2.75) is 64.1 Å². The molecule has 1 fully saturated rings. The summed E-state index contributed by atoms with van der Waals surface area (Å²) in [6.07, 6.45) is 13.5. The van der Waals surface area contributed by atoms with Crippen molar-refractivity contribution in [3.63, 3.8) is 0 Å². The van der Waals surface area contributed by atoms with E-state index in [0.717, 1.165) is 5.82 Å². The molecule has 0 aliphatic heterocycles. The van der Waals surface area contributed by atoms with Crippen molar-refractivity contribution in [2.75, 3.05) is 0 Å². The van der Waals surface area contributed by atoms with Gasteiger partial charge in [0.15, 0.2) is 0 Å². The number of allylic oxidation sites excluding steroid dienone is 1. The van der Waals surface area contributed by atoms with Crippen LogP contribution in [0, 0.1) is 0 Å². The minimum atomic E-state index is 0.895. The highest BCUT2D eigenvalue weighted by molar-refractivity contribution is 6.43. The summed E-state index contributed by atoms with van der Waals surface area (Å²) in [5.74, 6) is 3.19. The fourth-order valence-electron chi connectivity index (χ4n) is 1.98. The minimum Gasteiger partial charge on any atom is -0.126 e. The van der Waals surface area contributed by atoms with Crippen LogP contribution in [-0.4, -0.2) is 7.28 Å². The quantitative estimate of drug-likeness (QED) is 0.437. The summed E-state index contributed by atoms with van der Waals surface area (Å²) >= 11 is 0. The predicted octanol–water partition coefficient (Wildman–Crippen LogP) is 4.15. The molecule has 0 nitrogen and oxygen atoms in total. The molecule has 0 aromatic rings. The van der Waals surface area contributed by atoms with Crippen LogP contribution < -0.4 is 0 Å². The summed E-state index contributed by atoms with van der Waals surface area (Å²) in [7, 11) is 2.43. The van der Waals surface area contributed by atoms with E-state index < -0.39 is 0 Å². The van der Waals surface area contributed by atoms with Crippen molar-refractivity contribution in [1.82, 2.24) is 0 Å². The van der Waals surface area contributed by atoms with Gasteiger partial charge in [0.05, 0.1) is 0 Å². The maximum atomic E-state index is 2.43. The smallest absolute Gasteiger partial charge is 0.126 e. The highest BCUT2D eigenvalue weighted by Gasteiger charge is 2.11. The van der Waals surface area contributed by atoms with Gasteiger partial charge in [-0.3, -0.25) is 0 Å². The maximum Gasteiger partial charge on any atom is 0.144 e. The number of hydrogen-bond donors (Lipinski definition) is 0. The first-order chi connectivity index (χ1) is 6.43. The molecule has 1 saturated carbocycles. The Morgan fingerprint density at radius 2 is 2.00 bits per heavy atom. The Bertz CT molecular complexity index is 134. The van der Waals surface area contributed by atoms with Gasteiger partial charge >= 0.3 is 0 Å². The topological polar surface area (TPSA) is 0 Å². The van der Waals surface area contributed by atoms with Crippen LogP contribution in [0.25, 0.3) is 0 Å². The van der Waals surface area contributed by atoms with E-state index in [-0.39, 0.29) is 0 Å². The van der Waals surface area contributed by atoms with Crippen LogP contribution in [0.5, 0.6) is 0 Å². The van der Waals surface area contributed by atoms with Crippen LogP contribution >= 0.6 is 0 Å². The number of hydrogen-bond acceptors (Lipinski definition) is 0. The first kappa shape index (κ1) is 10.9. The molecule has 0 atom stereocenters. The molecule has 0 bridgehead atoms. The van der Waals surface area contributed by atoms with Gasteiger partial charge in [0.2, 0.25) is 0 Å². The lowest BCUT2D eigenvalue weighted by Gasteiger charge is -2.18. The molecular formula is C12H22B. The third kappa shape index (κ3) is 5.18. The molecule has 0 aromatic heterocycles. The SMILES string of the molecule is CCCC/C=C\[B]C1CCCCC1. The highest BCUT2D eigenvalue weighted by atomic mass is 14.1. The van der Waals surface area contributed by atoms with Gasteiger partial charge in [-0.05, 0) is 6.42 Å². The van der Waals surface area contributed by atoms with Crippen LogP contribution in [0.4, 0.5) is 0 Å². The Kier molecular flexibility index (Phi) is 6.05. The second kappa shape index (κ2) is 7.23. The normalized spacial score (nSPS) is 19.5. The van der Waals surface area contributed by atoms with Crippen molar-refractivity contribution in [3.8, 4) is 0 Å². The summed E-state index contributed by atoms with van der Waals surface area (Å²) in [6, 6.07) is 0. The Morgan fingerprint density at radius 3 is 2.69 bits per heavy atom. The monoisotopic (exact) mass is 177 g/mol. The molecular weight excluding hydrogens is 155 g/mol. The lowest BCUT2D eigenvalue weighted by atomic mass is 9.59. The largest absolute Gasteiger partial charge is 0.144 e. The van der Waals surface area contributed by atoms with Gasteiger partial charge in [0.1, 0.15) is 7.28 Å². The van der Waals surface area contributed by atoms with Gasteiger partial charge in [-0.1, -0.05) is 63.8 Å². The summed E-state index contributed by atoms with van der Waals surface area (Å²) in [4.78, 5) is 0. The first-order valence-corrected chi connectivity index (χ1v) is 5.93. The molecule has 1 aliphatic rings. The molecule has 1 rings (SSSR count). The molecule has 13 heavy (non-hydrogen) atoms. The third-order valence-electron chi connectivity index (χ3n) is 2.89. The van der Waals surface area contributed by atoms with Crippen LogP contribution in [0.3, 0.4) is 0 Å². The molecule has 1 radical (unpaired) electrons. The molecule has 0 unspecified atom stereocenters. The van der Waals surface area contributed by atoms with E-state index in [9.17, 15) is 0 Å². The van der Waals surface area contributed by atoms with Crippen molar-refractivity contribution < 1.29 is 0 Å². The summed E-state index contributed by atoms with van der Waals surface area (Å²) < 4.78 is 0. The fourth-order valence-corrected chi connectivity index (χ4v) is 1.98. The highest BCUT2D eigenvalue weighted by Crippen LogP contribution is 2.27. The van der Waals surface area contributed by atoms with Crippen LogP contribution in [-0.2, 0) is 0 Å². The molecule has 0 aromatic carbocycles. The minimum absolute atomic E-state index is 0.895. The van der Waals surface area contributed by atoms with E-state index in [2.05, 4.69) is 26.3 Å². The predicted molar refractivity (Wildman–Crippen MR) is 61.3 cm³/mol. The van der Waals surface area contributed by atoms with Crippen molar-refractivity contribution >= 4 is 7.28 Å². The van der Waals surface area contributed by atoms with Gasteiger partial charge in [0.25, 0.3) is 0 Å². The summed E-state index contributed by atoms with van der Waals surface area (Å²) in [6.45, 7) is 2.25.